The van der Waals surface area contributed by atoms with Crippen LogP contribution in [-0.2, 0) is 14.3 Å². The molecule has 0 bridgehead atoms. The maximum absolute atomic E-state index is 14.0. The van der Waals surface area contributed by atoms with Gasteiger partial charge in [-0.1, -0.05) is 62.8 Å². The minimum Gasteiger partial charge on any atom is -0.493 e. The smallest absolute Gasteiger partial charge is 0.341 e. The highest BCUT2D eigenvalue weighted by atomic mass is 127. The third-order valence-corrected chi connectivity index (χ3v) is 8.48. The van der Waals surface area contributed by atoms with E-state index in [-0.39, 0.29) is 12.2 Å². The molecule has 0 unspecified atom stereocenters. The van der Waals surface area contributed by atoms with E-state index in [1.54, 1.807) is 29.7 Å². The standard InChI is InChI=1S/C31H33IN2O7S/c1-6-8-22-26(30(38)40-7-2)27(20-11-9-19(10-12-20)17(3)4)34-29(37)24(42-31(34)33-22)15-18-13-21(32)28(23(14-18)39-5)41-16-25(35)36/h9-15,17,27H,6-8,16H2,1-5H3,(H,35,36)/b24-15-/t27-/m0/s1. The van der Waals surface area contributed by atoms with Crippen molar-refractivity contribution >= 4 is 51.9 Å². The molecule has 1 aliphatic rings. The number of hydrogen-bond donors (Lipinski definition) is 1. The number of fused-ring (bicyclic) bond motifs is 1. The Morgan fingerprint density at radius 2 is 1.90 bits per heavy atom. The van der Waals surface area contributed by atoms with Gasteiger partial charge in [0.15, 0.2) is 22.9 Å². The summed E-state index contributed by atoms with van der Waals surface area (Å²) in [5.74, 6) is -0.589. The van der Waals surface area contributed by atoms with E-state index < -0.39 is 24.6 Å². The molecule has 0 aliphatic carbocycles. The number of ether oxygens (including phenoxy) is 3. The molecule has 0 saturated heterocycles. The molecule has 3 aromatic rings. The normalized spacial score (nSPS) is 14.9. The molecule has 4 rings (SSSR count). The summed E-state index contributed by atoms with van der Waals surface area (Å²) in [4.78, 5) is 43.7. The molecule has 1 aromatic heterocycles. The second-order valence-electron chi connectivity index (χ2n) is 9.95. The molecular formula is C31H33IN2O7S. The van der Waals surface area contributed by atoms with Gasteiger partial charge in [-0.25, -0.2) is 14.6 Å². The van der Waals surface area contributed by atoms with E-state index in [1.165, 1.54) is 18.4 Å². The molecule has 42 heavy (non-hydrogen) atoms. The highest BCUT2D eigenvalue weighted by molar-refractivity contribution is 14.1. The quantitative estimate of drug-likeness (QED) is 0.226. The number of nitrogens with zero attached hydrogens (tertiary/aromatic N) is 2. The number of carbonyl (C=O) groups excluding carboxylic acids is 1. The summed E-state index contributed by atoms with van der Waals surface area (Å²) >= 11 is 3.29. The van der Waals surface area contributed by atoms with Crippen LogP contribution in [0, 0.1) is 3.57 Å². The lowest BCUT2D eigenvalue weighted by Gasteiger charge is -2.26. The molecule has 222 valence electrons. The largest absolute Gasteiger partial charge is 0.493 e. The van der Waals surface area contributed by atoms with Crippen molar-refractivity contribution in [2.75, 3.05) is 20.3 Å². The van der Waals surface area contributed by atoms with Crippen molar-refractivity contribution in [1.82, 2.24) is 4.57 Å². The molecule has 1 aliphatic heterocycles. The number of aromatic nitrogens is 1. The number of allylic oxidation sites excluding steroid dienone is 1. The zero-order chi connectivity index (χ0) is 30.6. The number of thiazole rings is 1. The first-order chi connectivity index (χ1) is 20.1. The number of halogens is 1. The summed E-state index contributed by atoms with van der Waals surface area (Å²) in [6, 6.07) is 10.8. The summed E-state index contributed by atoms with van der Waals surface area (Å²) in [5.41, 5.74) is 3.34. The Hall–Kier alpha value is -3.45. The molecule has 1 atom stereocenters. The van der Waals surface area contributed by atoms with E-state index in [1.807, 2.05) is 53.8 Å². The molecule has 0 spiro atoms. The summed E-state index contributed by atoms with van der Waals surface area (Å²) in [6.07, 6.45) is 3.07. The number of hydrogen-bond acceptors (Lipinski definition) is 8. The Morgan fingerprint density at radius 3 is 2.50 bits per heavy atom. The second kappa shape index (κ2) is 13.7. The van der Waals surface area contributed by atoms with E-state index in [4.69, 9.17) is 24.3 Å². The SMILES string of the molecule is CCCC1=C(C(=O)OCC)[C@H](c2ccc(C(C)C)cc2)n2c(s/c(=C\c3cc(I)c(OCC(=O)O)c(OC)c3)c2=O)=N1. The average Bonchev–Trinajstić information content (AvgIpc) is 3.25. The molecule has 0 fully saturated rings. The van der Waals surface area contributed by atoms with E-state index in [9.17, 15) is 14.4 Å². The maximum Gasteiger partial charge on any atom is 0.341 e. The lowest BCUT2D eigenvalue weighted by molar-refractivity contribution is -0.140. The molecule has 1 N–H and O–H groups in total. The Morgan fingerprint density at radius 1 is 1.19 bits per heavy atom. The number of esters is 1. The van der Waals surface area contributed by atoms with Crippen LogP contribution in [0.15, 0.2) is 57.5 Å². The number of aliphatic carboxylic acids is 1. The first-order valence-electron chi connectivity index (χ1n) is 13.6. The van der Waals surface area contributed by atoms with Crippen LogP contribution in [0.1, 0.15) is 69.2 Å². The zero-order valence-corrected chi connectivity index (χ0v) is 27.1. The van der Waals surface area contributed by atoms with Gasteiger partial charge in [0, 0.05) is 0 Å². The van der Waals surface area contributed by atoms with Crippen LogP contribution < -0.4 is 24.4 Å². The fourth-order valence-electron chi connectivity index (χ4n) is 4.75. The summed E-state index contributed by atoms with van der Waals surface area (Å²) in [6.45, 7) is 7.70. The number of carboxylic acid groups (broad SMARTS) is 1. The van der Waals surface area contributed by atoms with Crippen molar-refractivity contribution in [3.05, 3.63) is 87.6 Å². The highest BCUT2D eigenvalue weighted by Gasteiger charge is 2.34. The van der Waals surface area contributed by atoms with Gasteiger partial charge >= 0.3 is 11.9 Å². The number of methoxy groups -OCH3 is 1. The van der Waals surface area contributed by atoms with Gasteiger partial charge in [-0.3, -0.25) is 9.36 Å². The van der Waals surface area contributed by atoms with Crippen molar-refractivity contribution in [3.8, 4) is 11.5 Å². The van der Waals surface area contributed by atoms with Gasteiger partial charge in [0.25, 0.3) is 5.56 Å². The zero-order valence-electron chi connectivity index (χ0n) is 24.1. The van der Waals surface area contributed by atoms with Crippen molar-refractivity contribution in [2.45, 2.75) is 52.5 Å². The Labute approximate surface area is 261 Å². The van der Waals surface area contributed by atoms with Crippen LogP contribution in [0.2, 0.25) is 0 Å². The number of carboxylic acids is 1. The molecule has 2 heterocycles. The van der Waals surface area contributed by atoms with Crippen LogP contribution in [0.5, 0.6) is 11.5 Å². The van der Waals surface area contributed by atoms with Gasteiger partial charge in [-0.05, 0) is 76.8 Å². The third kappa shape index (κ3) is 6.62. The third-order valence-electron chi connectivity index (χ3n) is 6.70. The Kier molecular flexibility index (Phi) is 10.3. The second-order valence-corrected chi connectivity index (χ2v) is 12.1. The highest BCUT2D eigenvalue weighted by Crippen LogP contribution is 2.35. The molecule has 9 nitrogen and oxygen atoms in total. The first-order valence-corrected chi connectivity index (χ1v) is 15.5. The molecule has 0 amide bonds. The van der Waals surface area contributed by atoms with Crippen LogP contribution in [0.25, 0.3) is 6.08 Å². The first kappa shape index (κ1) is 31.5. The Balaban J connectivity index is 1.92. The number of rotatable bonds is 11. The predicted octanol–water partition coefficient (Wildman–Crippen LogP) is 4.78. The van der Waals surface area contributed by atoms with Crippen molar-refractivity contribution in [1.29, 1.82) is 0 Å². The van der Waals surface area contributed by atoms with Crippen LogP contribution in [0.3, 0.4) is 0 Å². The lowest BCUT2D eigenvalue weighted by Crippen LogP contribution is -2.40. The van der Waals surface area contributed by atoms with Crippen molar-refractivity contribution < 1.29 is 28.9 Å². The van der Waals surface area contributed by atoms with Crippen LogP contribution in [0.4, 0.5) is 0 Å². The average molecular weight is 705 g/mol. The monoisotopic (exact) mass is 704 g/mol. The van der Waals surface area contributed by atoms with Gasteiger partial charge in [0.05, 0.1) is 39.1 Å². The molecule has 0 saturated carbocycles. The summed E-state index contributed by atoms with van der Waals surface area (Å²) in [5, 5.41) is 9.01. The number of benzene rings is 2. The van der Waals surface area contributed by atoms with Gasteiger partial charge in [-0.2, -0.15) is 0 Å². The molecular weight excluding hydrogens is 671 g/mol. The van der Waals surface area contributed by atoms with Gasteiger partial charge in [0.2, 0.25) is 0 Å². The predicted molar refractivity (Wildman–Crippen MR) is 169 cm³/mol. The Bertz CT molecular complexity index is 1700. The van der Waals surface area contributed by atoms with Gasteiger partial charge < -0.3 is 19.3 Å². The number of carbonyl (C=O) groups is 2. The van der Waals surface area contributed by atoms with E-state index in [0.717, 1.165) is 17.5 Å². The summed E-state index contributed by atoms with van der Waals surface area (Å²) < 4.78 is 19.0. The van der Waals surface area contributed by atoms with Gasteiger partial charge in [0.1, 0.15) is 0 Å². The minimum absolute atomic E-state index is 0.206. The van der Waals surface area contributed by atoms with Gasteiger partial charge in [-0.15, -0.1) is 0 Å². The summed E-state index contributed by atoms with van der Waals surface area (Å²) in [7, 11) is 1.47. The molecule has 2 aromatic carbocycles. The molecule has 11 heteroatoms. The van der Waals surface area contributed by atoms with Crippen LogP contribution in [-0.4, -0.2) is 41.9 Å². The fraction of sp³-hybridized carbons (Fsp3) is 0.355. The van der Waals surface area contributed by atoms with Crippen molar-refractivity contribution in [3.63, 3.8) is 0 Å². The fourth-order valence-corrected chi connectivity index (χ4v) is 6.55. The maximum atomic E-state index is 14.0. The topological polar surface area (TPSA) is 116 Å². The van der Waals surface area contributed by atoms with Crippen molar-refractivity contribution in [2.24, 2.45) is 4.99 Å². The molecule has 0 radical (unpaired) electrons. The van der Waals surface area contributed by atoms with E-state index >= 15 is 0 Å². The van der Waals surface area contributed by atoms with E-state index in [2.05, 4.69) is 13.8 Å². The van der Waals surface area contributed by atoms with Crippen LogP contribution >= 0.6 is 33.9 Å². The van der Waals surface area contributed by atoms with E-state index in [0.29, 0.717) is 53.6 Å². The minimum atomic E-state index is -1.10. The lowest BCUT2D eigenvalue weighted by atomic mass is 9.92.